The van der Waals surface area contributed by atoms with E-state index in [0.29, 0.717) is 48.4 Å². The largest absolute Gasteiger partial charge is 0.508 e. The molecule has 260 valence electrons. The first-order valence-electron chi connectivity index (χ1n) is 17.6. The van der Waals surface area contributed by atoms with Crippen LogP contribution in [0.4, 0.5) is 10.2 Å². The van der Waals surface area contributed by atoms with Crippen molar-refractivity contribution in [1.82, 2.24) is 24.1 Å². The summed E-state index contributed by atoms with van der Waals surface area (Å²) >= 11 is 0. The highest BCUT2D eigenvalue weighted by molar-refractivity contribution is 7.89. The highest BCUT2D eigenvalue weighted by Crippen LogP contribution is 2.42. The number of fused-ring (bicyclic) bond motifs is 5. The molecule has 1 N–H and O–H groups in total. The van der Waals surface area contributed by atoms with Gasteiger partial charge in [0.2, 0.25) is 10.0 Å². The molecule has 49 heavy (non-hydrogen) atoms. The van der Waals surface area contributed by atoms with Gasteiger partial charge in [-0.3, -0.25) is 4.90 Å². The van der Waals surface area contributed by atoms with E-state index in [1.165, 1.54) is 0 Å². The Morgan fingerprint density at radius 2 is 1.71 bits per heavy atom. The Labute approximate surface area is 287 Å². The summed E-state index contributed by atoms with van der Waals surface area (Å²) in [5, 5.41) is 12.8. The molecule has 4 fully saturated rings. The molecule has 0 radical (unpaired) electrons. The molecule has 0 aliphatic carbocycles. The van der Waals surface area contributed by atoms with Gasteiger partial charge in [0, 0.05) is 36.1 Å². The molecule has 12 heteroatoms. The fourth-order valence-corrected chi connectivity index (χ4v) is 10.9. The lowest BCUT2D eigenvalue weighted by Crippen LogP contribution is -2.56. The van der Waals surface area contributed by atoms with Crippen LogP contribution in [-0.2, 0) is 10.0 Å². The molecule has 0 amide bonds. The summed E-state index contributed by atoms with van der Waals surface area (Å²) in [6, 6.07) is 14.3. The SMILES string of the molecule is CN(C)CCCS(=O)(=O)N1[C@@H]2CC[C@H]1CN(c1nc(OCC34CCCN3CCC4)nc3c(F)c(-c4cc(O)cc5ccccc45)ccc13)C2. The van der Waals surface area contributed by atoms with Crippen molar-refractivity contribution in [1.29, 1.82) is 0 Å². The normalized spacial score (nSPS) is 22.5. The van der Waals surface area contributed by atoms with Gasteiger partial charge in [0.15, 0.2) is 5.82 Å². The Balaban J connectivity index is 1.18. The molecular weight excluding hydrogens is 644 g/mol. The molecule has 4 aliphatic heterocycles. The van der Waals surface area contributed by atoms with Crippen LogP contribution in [-0.4, -0.2) is 114 Å². The van der Waals surface area contributed by atoms with Crippen LogP contribution in [0.15, 0.2) is 48.5 Å². The number of anilines is 1. The molecule has 2 bridgehead atoms. The molecule has 4 aliphatic rings. The van der Waals surface area contributed by atoms with Crippen molar-refractivity contribution in [2.45, 2.75) is 62.6 Å². The zero-order valence-electron chi connectivity index (χ0n) is 28.3. The van der Waals surface area contributed by atoms with E-state index in [0.717, 1.165) is 68.9 Å². The van der Waals surface area contributed by atoms with Crippen LogP contribution < -0.4 is 9.64 Å². The predicted octanol–water partition coefficient (Wildman–Crippen LogP) is 5.24. The molecule has 1 aromatic heterocycles. The minimum atomic E-state index is -3.43. The van der Waals surface area contributed by atoms with Gasteiger partial charge in [0.05, 0.1) is 11.3 Å². The second-order valence-corrected chi connectivity index (χ2v) is 16.7. The molecular formula is C37H45FN6O4S. The molecule has 10 nitrogen and oxygen atoms in total. The number of hydrogen-bond donors (Lipinski definition) is 1. The lowest BCUT2D eigenvalue weighted by atomic mass is 9.95. The molecule has 2 atom stereocenters. The van der Waals surface area contributed by atoms with Crippen molar-refractivity contribution >= 4 is 37.5 Å². The van der Waals surface area contributed by atoms with Gasteiger partial charge in [-0.05, 0) is 113 Å². The number of rotatable bonds is 10. The Morgan fingerprint density at radius 3 is 2.45 bits per heavy atom. The summed E-state index contributed by atoms with van der Waals surface area (Å²) in [5.41, 5.74) is 1.03. The van der Waals surface area contributed by atoms with Crippen LogP contribution in [0.1, 0.15) is 44.9 Å². The third-order valence-corrected chi connectivity index (χ3v) is 13.3. The monoisotopic (exact) mass is 688 g/mol. The molecule has 4 aromatic rings. The highest BCUT2D eigenvalue weighted by atomic mass is 32.2. The van der Waals surface area contributed by atoms with Gasteiger partial charge >= 0.3 is 6.01 Å². The summed E-state index contributed by atoms with van der Waals surface area (Å²) in [6.07, 6.45) is 6.53. The van der Waals surface area contributed by atoms with Gasteiger partial charge in [-0.15, -0.1) is 0 Å². The third kappa shape index (κ3) is 5.90. The van der Waals surface area contributed by atoms with E-state index < -0.39 is 15.8 Å². The first-order chi connectivity index (χ1) is 23.6. The van der Waals surface area contributed by atoms with E-state index in [1.807, 2.05) is 49.3 Å². The Morgan fingerprint density at radius 1 is 0.980 bits per heavy atom. The van der Waals surface area contributed by atoms with Crippen LogP contribution in [0.3, 0.4) is 0 Å². The van der Waals surface area contributed by atoms with Crippen LogP contribution >= 0.6 is 0 Å². The maximum absolute atomic E-state index is 16.9. The minimum Gasteiger partial charge on any atom is -0.508 e. The van der Waals surface area contributed by atoms with E-state index in [9.17, 15) is 13.5 Å². The van der Waals surface area contributed by atoms with E-state index in [2.05, 4.69) is 9.80 Å². The number of ether oxygens (including phenoxy) is 1. The number of halogens is 1. The van der Waals surface area contributed by atoms with E-state index in [4.69, 9.17) is 14.7 Å². The van der Waals surface area contributed by atoms with Gasteiger partial charge < -0.3 is 19.6 Å². The van der Waals surface area contributed by atoms with Gasteiger partial charge in [-0.1, -0.05) is 30.3 Å². The van der Waals surface area contributed by atoms with Crippen LogP contribution in [0.5, 0.6) is 11.8 Å². The zero-order valence-corrected chi connectivity index (χ0v) is 29.1. The first kappa shape index (κ1) is 32.6. The second-order valence-electron chi connectivity index (χ2n) is 14.7. The number of phenolic OH excluding ortho intramolecular Hbond substituents is 1. The summed E-state index contributed by atoms with van der Waals surface area (Å²) in [7, 11) is 0.479. The quantitative estimate of drug-likeness (QED) is 0.240. The van der Waals surface area contributed by atoms with Gasteiger partial charge in [0.1, 0.15) is 23.7 Å². The fourth-order valence-electron chi connectivity index (χ4n) is 8.98. The van der Waals surface area contributed by atoms with Crippen LogP contribution in [0.2, 0.25) is 0 Å². The van der Waals surface area contributed by atoms with Crippen molar-refractivity contribution in [2.24, 2.45) is 0 Å². The number of aromatic hydroxyl groups is 1. The van der Waals surface area contributed by atoms with Crippen molar-refractivity contribution in [2.75, 3.05) is 64.1 Å². The number of phenols is 1. The fraction of sp³-hybridized carbons (Fsp3) is 0.514. The van der Waals surface area contributed by atoms with E-state index >= 15 is 4.39 Å². The number of benzene rings is 3. The smallest absolute Gasteiger partial charge is 0.319 e. The number of hydrogen-bond acceptors (Lipinski definition) is 9. The number of aromatic nitrogens is 2. The van der Waals surface area contributed by atoms with Gasteiger partial charge in [0.25, 0.3) is 0 Å². The molecule has 3 aromatic carbocycles. The Hall–Kier alpha value is -3.58. The summed E-state index contributed by atoms with van der Waals surface area (Å²) in [6.45, 7) is 4.22. The summed E-state index contributed by atoms with van der Waals surface area (Å²) in [5.74, 6) is 0.249. The minimum absolute atomic E-state index is 0.0367. The van der Waals surface area contributed by atoms with Crippen LogP contribution in [0.25, 0.3) is 32.8 Å². The zero-order chi connectivity index (χ0) is 33.9. The van der Waals surface area contributed by atoms with Crippen molar-refractivity contribution < 1.29 is 22.7 Å². The van der Waals surface area contributed by atoms with Crippen molar-refractivity contribution in [3.05, 3.63) is 54.3 Å². The molecule has 4 saturated heterocycles. The molecule has 0 saturated carbocycles. The van der Waals surface area contributed by atoms with Crippen molar-refractivity contribution in [3.8, 4) is 22.9 Å². The lowest BCUT2D eigenvalue weighted by Gasteiger charge is -2.41. The molecule has 8 rings (SSSR count). The summed E-state index contributed by atoms with van der Waals surface area (Å²) in [4.78, 5) is 16.3. The predicted molar refractivity (Wildman–Crippen MR) is 190 cm³/mol. The number of sulfonamides is 1. The highest BCUT2D eigenvalue weighted by Gasteiger charge is 2.47. The second kappa shape index (κ2) is 12.6. The van der Waals surface area contributed by atoms with Crippen molar-refractivity contribution in [3.63, 3.8) is 0 Å². The maximum atomic E-state index is 16.9. The average molecular weight is 689 g/mol. The standard InChI is InChI=1S/C37H45FN6O4S/c1-41(2)16-7-19-49(46,47)44-26-10-11-27(44)23-42(22-26)35-31-13-12-30(32-21-28(45)20-25-8-3-4-9-29(25)32)33(38)34(31)39-36(40-35)48-24-37-14-5-17-43(37)18-6-15-37/h3-4,8-9,12-13,20-21,26-27,45H,5-7,10-11,14-19,22-24H2,1-2H3/t26-,27+. The summed E-state index contributed by atoms with van der Waals surface area (Å²) < 4.78 is 52.2. The van der Waals surface area contributed by atoms with E-state index in [1.54, 1.807) is 22.5 Å². The van der Waals surface area contributed by atoms with Gasteiger partial charge in [-0.25, -0.2) is 12.8 Å². The average Bonchev–Trinajstić information content (AvgIpc) is 3.74. The lowest BCUT2D eigenvalue weighted by molar-refractivity contribution is 0.108. The topological polar surface area (TPSA) is 102 Å². The number of piperazine rings is 1. The molecule has 0 unspecified atom stereocenters. The third-order valence-electron chi connectivity index (χ3n) is 11.2. The first-order valence-corrected chi connectivity index (χ1v) is 19.2. The molecule has 5 heterocycles. The Bertz CT molecular complexity index is 1980. The van der Waals surface area contributed by atoms with Crippen LogP contribution in [0, 0.1) is 5.82 Å². The number of nitrogens with zero attached hydrogens (tertiary/aromatic N) is 6. The maximum Gasteiger partial charge on any atom is 0.319 e. The van der Waals surface area contributed by atoms with E-state index in [-0.39, 0.29) is 40.7 Å². The molecule has 0 spiro atoms. The Kier molecular flexibility index (Phi) is 8.41. The van der Waals surface area contributed by atoms with Gasteiger partial charge in [-0.2, -0.15) is 14.3 Å².